The first kappa shape index (κ1) is 44.3. The predicted octanol–water partition coefficient (Wildman–Crippen LogP) is 11.7. The monoisotopic (exact) mass is 836 g/mol. The van der Waals surface area contributed by atoms with Crippen molar-refractivity contribution in [3.63, 3.8) is 0 Å². The van der Waals surface area contributed by atoms with Gasteiger partial charge in [0.2, 0.25) is 5.83 Å². The largest absolute Gasteiger partial charge is 0.482 e. The molecule has 6 aromatic rings. The number of aryl methyl sites for hydroxylation is 1. The fraction of sp³-hybridized carbons (Fsp3) is 0.196. The van der Waals surface area contributed by atoms with Crippen molar-refractivity contribution in [2.24, 2.45) is 10.2 Å². The molecular formula is C51H46F2N2O7. The topological polar surface area (TPSA) is 113 Å². The number of unbranched alkanes of at least 4 members (excludes halogenated alkanes) is 3. The summed E-state index contributed by atoms with van der Waals surface area (Å²) in [7, 11) is 0. The maximum absolute atomic E-state index is 16.6. The number of halogens is 2. The Morgan fingerprint density at radius 2 is 1.29 bits per heavy atom. The summed E-state index contributed by atoms with van der Waals surface area (Å²) in [4.78, 5) is 36.5. The Labute approximate surface area is 359 Å². The fourth-order valence-corrected chi connectivity index (χ4v) is 6.67. The number of hydrogen-bond donors (Lipinski definition) is 0. The van der Waals surface area contributed by atoms with Crippen molar-refractivity contribution in [1.29, 1.82) is 0 Å². The van der Waals surface area contributed by atoms with Crippen molar-refractivity contribution in [1.82, 2.24) is 0 Å². The SMILES string of the molecule is C=C(C)C(=O)OCCCCCCc1ccc(C(=O)Oc2ccc(OC(C)(C)c3ccc(OC(=O)C(=C)F)cc3)c(/C=N/N=C/c3c4ccccc4cc4ccccc34)c2F)cc1. The minimum atomic E-state index is -1.23. The van der Waals surface area contributed by atoms with E-state index < -0.39 is 29.2 Å². The van der Waals surface area contributed by atoms with Crippen LogP contribution < -0.4 is 14.2 Å². The third kappa shape index (κ3) is 11.3. The molecule has 9 nitrogen and oxygen atoms in total. The van der Waals surface area contributed by atoms with Gasteiger partial charge >= 0.3 is 17.9 Å². The van der Waals surface area contributed by atoms with Crippen molar-refractivity contribution in [3.8, 4) is 17.2 Å². The van der Waals surface area contributed by atoms with E-state index in [-0.39, 0.29) is 34.3 Å². The standard InChI is InChI=1S/C51H46F2N2O7/c1-33(2)48(56)59-29-13-7-6-8-14-35-19-21-36(22-20-35)50(58)61-46-28-27-45(62-51(4,5)39-23-25-40(26-24-39)60-49(57)34(3)52)44(47(46)53)32-55-54-31-43-41-17-11-9-15-37(41)30-38-16-10-12-18-42(38)43/h9-12,15-28,30-32H,1,3,6-8,13-14,29H2,2,4-5H3/b54-31+,55-32+. The van der Waals surface area contributed by atoms with Crippen molar-refractivity contribution in [2.75, 3.05) is 6.61 Å². The number of fused-ring (bicyclic) bond motifs is 2. The molecule has 0 saturated heterocycles. The van der Waals surface area contributed by atoms with E-state index in [1.54, 1.807) is 51.3 Å². The van der Waals surface area contributed by atoms with E-state index >= 15 is 4.39 Å². The summed E-state index contributed by atoms with van der Waals surface area (Å²) in [5.74, 6) is -4.65. The van der Waals surface area contributed by atoms with Gasteiger partial charge in [0.05, 0.1) is 30.2 Å². The average molecular weight is 837 g/mol. The molecule has 0 amide bonds. The van der Waals surface area contributed by atoms with Crippen LogP contribution in [0.2, 0.25) is 0 Å². The van der Waals surface area contributed by atoms with Crippen LogP contribution in [0.1, 0.15) is 79.1 Å². The Morgan fingerprint density at radius 1 is 0.694 bits per heavy atom. The molecule has 0 atom stereocenters. The van der Waals surface area contributed by atoms with Gasteiger partial charge in [-0.2, -0.15) is 14.6 Å². The Hall–Kier alpha value is -7.27. The number of rotatable bonds is 18. The minimum Gasteiger partial charge on any atom is -0.482 e. The van der Waals surface area contributed by atoms with E-state index in [1.165, 1.54) is 30.5 Å². The highest BCUT2D eigenvalue weighted by Crippen LogP contribution is 2.35. The summed E-state index contributed by atoms with van der Waals surface area (Å²) < 4.78 is 51.9. The van der Waals surface area contributed by atoms with Gasteiger partial charge in [-0.3, -0.25) is 0 Å². The zero-order chi connectivity index (χ0) is 44.2. The lowest BCUT2D eigenvalue weighted by atomic mass is 9.97. The van der Waals surface area contributed by atoms with Crippen LogP contribution in [0.5, 0.6) is 17.2 Å². The third-order valence-corrected chi connectivity index (χ3v) is 10.0. The molecule has 11 heteroatoms. The maximum atomic E-state index is 16.6. The molecule has 0 heterocycles. The average Bonchev–Trinajstić information content (AvgIpc) is 3.26. The van der Waals surface area contributed by atoms with Crippen LogP contribution in [0.4, 0.5) is 8.78 Å². The van der Waals surface area contributed by atoms with Gasteiger partial charge < -0.3 is 18.9 Å². The summed E-state index contributed by atoms with van der Waals surface area (Å²) in [6.07, 6.45) is 7.16. The Morgan fingerprint density at radius 3 is 1.92 bits per heavy atom. The molecule has 0 aromatic heterocycles. The number of nitrogens with zero attached hydrogens (tertiary/aromatic N) is 2. The second kappa shape index (κ2) is 20.3. The van der Waals surface area contributed by atoms with Crippen LogP contribution in [0.3, 0.4) is 0 Å². The van der Waals surface area contributed by atoms with E-state index in [2.05, 4.69) is 29.4 Å². The van der Waals surface area contributed by atoms with Crippen LogP contribution in [0.25, 0.3) is 21.5 Å². The summed E-state index contributed by atoms with van der Waals surface area (Å²) in [6.45, 7) is 12.0. The quantitative estimate of drug-likeness (QED) is 0.0161. The van der Waals surface area contributed by atoms with Crippen molar-refractivity contribution >= 4 is 51.9 Å². The second-order valence-corrected chi connectivity index (χ2v) is 15.1. The molecule has 6 rings (SSSR count). The zero-order valence-corrected chi connectivity index (χ0v) is 34.8. The highest BCUT2D eigenvalue weighted by atomic mass is 19.1. The van der Waals surface area contributed by atoms with Crippen LogP contribution in [0.15, 0.2) is 150 Å². The van der Waals surface area contributed by atoms with Crippen molar-refractivity contribution in [2.45, 2.75) is 58.5 Å². The molecule has 0 aliphatic heterocycles. The smallest absolute Gasteiger partial charge is 0.371 e. The zero-order valence-electron chi connectivity index (χ0n) is 34.8. The summed E-state index contributed by atoms with van der Waals surface area (Å²) in [6, 6.07) is 33.9. The molecule has 0 fully saturated rings. The first-order valence-corrected chi connectivity index (χ1v) is 20.1. The van der Waals surface area contributed by atoms with Crippen molar-refractivity contribution < 1.29 is 42.1 Å². The molecule has 0 saturated carbocycles. The molecule has 316 valence electrons. The molecule has 0 bridgehead atoms. The Balaban J connectivity index is 1.21. The maximum Gasteiger partial charge on any atom is 0.371 e. The molecule has 6 aromatic carbocycles. The summed E-state index contributed by atoms with van der Waals surface area (Å²) in [5.41, 5.74) is 1.88. The van der Waals surface area contributed by atoms with E-state index in [1.807, 2.05) is 60.7 Å². The lowest BCUT2D eigenvalue weighted by Gasteiger charge is -2.28. The Bertz CT molecular complexity index is 2630. The van der Waals surface area contributed by atoms with Crippen LogP contribution in [0, 0.1) is 5.82 Å². The van der Waals surface area contributed by atoms with E-state index in [4.69, 9.17) is 18.9 Å². The van der Waals surface area contributed by atoms with Crippen LogP contribution >= 0.6 is 0 Å². The number of benzene rings is 6. The predicted molar refractivity (Wildman–Crippen MR) is 238 cm³/mol. The lowest BCUT2D eigenvalue weighted by Crippen LogP contribution is -2.26. The van der Waals surface area contributed by atoms with Gasteiger partial charge in [-0.1, -0.05) is 98.8 Å². The van der Waals surface area contributed by atoms with Gasteiger partial charge in [-0.15, -0.1) is 0 Å². The first-order chi connectivity index (χ1) is 29.8. The van der Waals surface area contributed by atoms with E-state index in [9.17, 15) is 18.8 Å². The number of carbonyl (C=O) groups excluding carboxylic acids is 3. The number of esters is 3. The molecule has 0 aliphatic rings. The first-order valence-electron chi connectivity index (χ1n) is 20.1. The third-order valence-electron chi connectivity index (χ3n) is 10.0. The lowest BCUT2D eigenvalue weighted by molar-refractivity contribution is -0.139. The molecule has 0 radical (unpaired) electrons. The second-order valence-electron chi connectivity index (χ2n) is 15.1. The molecule has 0 aliphatic carbocycles. The fourth-order valence-electron chi connectivity index (χ4n) is 6.67. The number of carbonyl (C=O) groups is 3. The van der Waals surface area contributed by atoms with Gasteiger partial charge in [0.15, 0.2) is 11.6 Å². The highest BCUT2D eigenvalue weighted by Gasteiger charge is 2.27. The minimum absolute atomic E-state index is 0.0725. The molecule has 0 N–H and O–H groups in total. The molecule has 0 unspecified atom stereocenters. The van der Waals surface area contributed by atoms with E-state index in [0.717, 1.165) is 64.8 Å². The van der Waals surface area contributed by atoms with Gasteiger partial charge in [0, 0.05) is 11.1 Å². The summed E-state index contributed by atoms with van der Waals surface area (Å²) >= 11 is 0. The van der Waals surface area contributed by atoms with E-state index in [0.29, 0.717) is 17.7 Å². The summed E-state index contributed by atoms with van der Waals surface area (Å²) in [5, 5.41) is 12.6. The van der Waals surface area contributed by atoms with Crippen LogP contribution in [-0.2, 0) is 26.3 Å². The molecule has 62 heavy (non-hydrogen) atoms. The number of ether oxygens (including phenoxy) is 4. The normalized spacial score (nSPS) is 11.6. The number of hydrogen-bond acceptors (Lipinski definition) is 9. The highest BCUT2D eigenvalue weighted by molar-refractivity contribution is 6.13. The van der Waals surface area contributed by atoms with Gasteiger partial charge in [-0.25, -0.2) is 18.8 Å². The van der Waals surface area contributed by atoms with Crippen LogP contribution in [-0.4, -0.2) is 36.9 Å². The van der Waals surface area contributed by atoms with Crippen molar-refractivity contribution in [3.05, 3.63) is 173 Å². The van der Waals surface area contributed by atoms with Gasteiger partial charge in [-0.05, 0) is 115 Å². The van der Waals surface area contributed by atoms with Gasteiger partial charge in [0.25, 0.3) is 0 Å². The molecular weight excluding hydrogens is 791 g/mol. The Kier molecular flexibility index (Phi) is 14.5. The van der Waals surface area contributed by atoms with Gasteiger partial charge in [0.1, 0.15) is 17.1 Å². The molecule has 0 spiro atoms.